The Morgan fingerprint density at radius 2 is 1.67 bits per heavy atom. The summed E-state index contributed by atoms with van der Waals surface area (Å²) in [7, 11) is 0. The number of hydrogen-bond acceptors (Lipinski definition) is 4. The number of pyridine rings is 1. The average Bonchev–Trinajstić information content (AvgIpc) is 2.85. The van der Waals surface area contributed by atoms with Gasteiger partial charge < -0.3 is 10.1 Å². The van der Waals surface area contributed by atoms with E-state index in [1.807, 2.05) is 74.5 Å². The SMILES string of the molecule is Cc1cc(C)cc(NC(=O)C(OC(=O)c2c3c(nc4ccccc24)CCC(C)C3)c2ccccc2)c1. The highest BCUT2D eigenvalue weighted by atomic mass is 16.5. The second-order valence-corrected chi connectivity index (χ2v) is 9.84. The zero-order valence-corrected chi connectivity index (χ0v) is 20.9. The van der Waals surface area contributed by atoms with E-state index in [1.54, 1.807) is 12.1 Å². The molecule has 5 heteroatoms. The first-order valence-electron chi connectivity index (χ1n) is 12.4. The van der Waals surface area contributed by atoms with Gasteiger partial charge in [0.1, 0.15) is 0 Å². The Bertz CT molecular complexity index is 1430. The molecule has 1 heterocycles. The van der Waals surface area contributed by atoms with Crippen molar-refractivity contribution in [2.24, 2.45) is 5.92 Å². The third kappa shape index (κ3) is 4.87. The van der Waals surface area contributed by atoms with E-state index in [0.29, 0.717) is 22.7 Å². The molecule has 0 spiro atoms. The van der Waals surface area contributed by atoms with Gasteiger partial charge >= 0.3 is 5.97 Å². The number of benzene rings is 3. The molecule has 1 N–H and O–H groups in total. The molecule has 1 aliphatic rings. The van der Waals surface area contributed by atoms with Crippen LogP contribution in [0.25, 0.3) is 10.9 Å². The number of aryl methyl sites for hydroxylation is 3. The second-order valence-electron chi connectivity index (χ2n) is 9.84. The summed E-state index contributed by atoms with van der Waals surface area (Å²) in [6.45, 7) is 6.16. The van der Waals surface area contributed by atoms with Crippen LogP contribution < -0.4 is 5.32 Å². The first-order valence-corrected chi connectivity index (χ1v) is 12.4. The Labute approximate surface area is 211 Å². The van der Waals surface area contributed by atoms with Crippen molar-refractivity contribution in [2.75, 3.05) is 5.32 Å². The molecule has 0 fully saturated rings. The fourth-order valence-corrected chi connectivity index (χ4v) is 5.12. The van der Waals surface area contributed by atoms with E-state index in [-0.39, 0.29) is 5.91 Å². The van der Waals surface area contributed by atoms with E-state index in [1.165, 1.54) is 0 Å². The lowest BCUT2D eigenvalue weighted by molar-refractivity contribution is -0.125. The summed E-state index contributed by atoms with van der Waals surface area (Å²) in [6, 6.07) is 22.7. The molecule has 1 aliphatic carbocycles. The number of nitrogens with zero attached hydrogens (tertiary/aromatic N) is 1. The van der Waals surface area contributed by atoms with Gasteiger partial charge in [-0.25, -0.2) is 4.79 Å². The van der Waals surface area contributed by atoms with Crippen LogP contribution in [0.2, 0.25) is 0 Å². The topological polar surface area (TPSA) is 68.3 Å². The minimum Gasteiger partial charge on any atom is -0.444 e. The van der Waals surface area contributed by atoms with Gasteiger partial charge in [-0.3, -0.25) is 9.78 Å². The van der Waals surface area contributed by atoms with Gasteiger partial charge in [0.25, 0.3) is 5.91 Å². The minimum absolute atomic E-state index is 0.389. The molecular weight excluding hydrogens is 448 g/mol. The molecular formula is C31H30N2O3. The van der Waals surface area contributed by atoms with Crippen molar-refractivity contribution in [1.82, 2.24) is 4.98 Å². The van der Waals surface area contributed by atoms with Crippen LogP contribution >= 0.6 is 0 Å². The number of para-hydroxylation sites is 1. The maximum atomic E-state index is 13.9. The van der Waals surface area contributed by atoms with Gasteiger partial charge in [-0.1, -0.05) is 61.5 Å². The zero-order chi connectivity index (χ0) is 25.2. The monoisotopic (exact) mass is 478 g/mol. The van der Waals surface area contributed by atoms with Crippen LogP contribution in [-0.2, 0) is 22.4 Å². The third-order valence-corrected chi connectivity index (χ3v) is 6.76. The number of esters is 1. The highest BCUT2D eigenvalue weighted by molar-refractivity contribution is 6.06. The van der Waals surface area contributed by atoms with Crippen LogP contribution in [0.4, 0.5) is 5.69 Å². The summed E-state index contributed by atoms with van der Waals surface area (Å²) in [5.41, 5.74) is 6.58. The minimum atomic E-state index is -1.09. The molecule has 0 bridgehead atoms. The number of amides is 1. The van der Waals surface area contributed by atoms with E-state index >= 15 is 0 Å². The molecule has 1 amide bonds. The molecule has 3 aromatic carbocycles. The number of carbonyl (C=O) groups is 2. The van der Waals surface area contributed by atoms with Crippen molar-refractivity contribution in [3.63, 3.8) is 0 Å². The Morgan fingerprint density at radius 1 is 0.972 bits per heavy atom. The van der Waals surface area contributed by atoms with Crippen LogP contribution in [0.1, 0.15) is 57.8 Å². The van der Waals surface area contributed by atoms with Crippen molar-refractivity contribution in [3.8, 4) is 0 Å². The van der Waals surface area contributed by atoms with Crippen molar-refractivity contribution in [3.05, 3.63) is 106 Å². The first kappa shape index (κ1) is 23.7. The number of aromatic nitrogens is 1. The molecule has 2 unspecified atom stereocenters. The summed E-state index contributed by atoms with van der Waals surface area (Å²) < 4.78 is 6.05. The van der Waals surface area contributed by atoms with Crippen LogP contribution in [0, 0.1) is 19.8 Å². The van der Waals surface area contributed by atoms with Gasteiger partial charge in [0, 0.05) is 22.3 Å². The number of hydrogen-bond donors (Lipinski definition) is 1. The number of fused-ring (bicyclic) bond motifs is 2. The molecule has 182 valence electrons. The Balaban J connectivity index is 1.54. The maximum Gasteiger partial charge on any atom is 0.340 e. The summed E-state index contributed by atoms with van der Waals surface area (Å²) in [5.74, 6) is -0.437. The number of nitrogens with one attached hydrogen (secondary N) is 1. The van der Waals surface area contributed by atoms with Crippen molar-refractivity contribution < 1.29 is 14.3 Å². The smallest absolute Gasteiger partial charge is 0.340 e. The van der Waals surface area contributed by atoms with Gasteiger partial charge in [0.2, 0.25) is 6.10 Å². The van der Waals surface area contributed by atoms with Crippen molar-refractivity contribution >= 4 is 28.5 Å². The molecule has 0 saturated heterocycles. The van der Waals surface area contributed by atoms with E-state index < -0.39 is 12.1 Å². The highest BCUT2D eigenvalue weighted by Crippen LogP contribution is 2.33. The van der Waals surface area contributed by atoms with Gasteiger partial charge in [-0.2, -0.15) is 0 Å². The number of rotatable bonds is 5. The quantitative estimate of drug-likeness (QED) is 0.332. The lowest BCUT2D eigenvalue weighted by Gasteiger charge is -2.25. The van der Waals surface area contributed by atoms with Crippen molar-refractivity contribution in [2.45, 2.75) is 46.1 Å². The fourth-order valence-electron chi connectivity index (χ4n) is 5.12. The lowest BCUT2D eigenvalue weighted by atomic mass is 9.84. The Hall–Kier alpha value is -3.99. The molecule has 0 aliphatic heterocycles. The summed E-state index contributed by atoms with van der Waals surface area (Å²) in [6.07, 6.45) is 1.54. The Morgan fingerprint density at radius 3 is 2.42 bits per heavy atom. The van der Waals surface area contributed by atoms with Gasteiger partial charge in [0.15, 0.2) is 0 Å². The van der Waals surface area contributed by atoms with E-state index in [2.05, 4.69) is 12.2 Å². The van der Waals surface area contributed by atoms with Crippen LogP contribution in [0.5, 0.6) is 0 Å². The van der Waals surface area contributed by atoms with Crippen LogP contribution in [0.15, 0.2) is 72.8 Å². The van der Waals surface area contributed by atoms with E-state index in [4.69, 9.17) is 9.72 Å². The molecule has 2 atom stereocenters. The number of anilines is 1. The van der Waals surface area contributed by atoms with Gasteiger partial charge in [-0.15, -0.1) is 0 Å². The first-order chi connectivity index (χ1) is 17.4. The molecule has 1 aromatic heterocycles. The molecule has 4 aromatic rings. The molecule has 5 rings (SSSR count). The highest BCUT2D eigenvalue weighted by Gasteiger charge is 2.31. The van der Waals surface area contributed by atoms with Crippen molar-refractivity contribution in [1.29, 1.82) is 0 Å². The normalized spacial score (nSPS) is 15.7. The molecule has 5 nitrogen and oxygen atoms in total. The van der Waals surface area contributed by atoms with Crippen LogP contribution in [-0.4, -0.2) is 16.9 Å². The maximum absolute atomic E-state index is 13.9. The fraction of sp³-hybridized carbons (Fsp3) is 0.258. The predicted molar refractivity (Wildman–Crippen MR) is 142 cm³/mol. The standard InChI is InChI=1S/C31H30N2O3/c1-19-13-14-27-25(18-19)28(24-11-7-8-12-26(24)33-27)31(35)36-29(22-9-5-4-6-10-22)30(34)32-23-16-20(2)15-21(3)17-23/h4-12,15-17,19,29H,13-14,18H2,1-3H3,(H,32,34). The second kappa shape index (κ2) is 9.94. The third-order valence-electron chi connectivity index (χ3n) is 6.76. The lowest BCUT2D eigenvalue weighted by Crippen LogP contribution is -2.27. The molecule has 36 heavy (non-hydrogen) atoms. The average molecular weight is 479 g/mol. The molecule has 0 saturated carbocycles. The molecule has 0 radical (unpaired) electrons. The van der Waals surface area contributed by atoms with E-state index in [0.717, 1.165) is 52.5 Å². The predicted octanol–water partition coefficient (Wildman–Crippen LogP) is 6.51. The van der Waals surface area contributed by atoms with Gasteiger partial charge in [0.05, 0.1) is 11.1 Å². The summed E-state index contributed by atoms with van der Waals surface area (Å²) in [5, 5.41) is 3.72. The number of carbonyl (C=O) groups excluding carboxylic acids is 2. The zero-order valence-electron chi connectivity index (χ0n) is 20.9. The summed E-state index contributed by atoms with van der Waals surface area (Å²) in [4.78, 5) is 32.2. The largest absolute Gasteiger partial charge is 0.444 e. The van der Waals surface area contributed by atoms with Gasteiger partial charge in [-0.05, 0) is 73.9 Å². The Kier molecular flexibility index (Phi) is 6.55. The van der Waals surface area contributed by atoms with Crippen LogP contribution in [0.3, 0.4) is 0 Å². The van der Waals surface area contributed by atoms with E-state index in [9.17, 15) is 9.59 Å². The summed E-state index contributed by atoms with van der Waals surface area (Å²) >= 11 is 0. The number of ether oxygens (including phenoxy) is 1.